The van der Waals surface area contributed by atoms with E-state index in [9.17, 15) is 18.4 Å². The summed E-state index contributed by atoms with van der Waals surface area (Å²) >= 11 is 0. The third-order valence-electron chi connectivity index (χ3n) is 4.69. The van der Waals surface area contributed by atoms with Gasteiger partial charge >= 0.3 is 5.97 Å². The first-order valence-corrected chi connectivity index (χ1v) is 7.81. The van der Waals surface area contributed by atoms with E-state index in [0.29, 0.717) is 24.7 Å². The highest BCUT2D eigenvalue weighted by Gasteiger charge is 2.46. The lowest BCUT2D eigenvalue weighted by Gasteiger charge is -2.20. The number of alkyl halides is 1. The Balaban J connectivity index is 1.93. The quantitative estimate of drug-likeness (QED) is 0.634. The van der Waals surface area contributed by atoms with Gasteiger partial charge in [0, 0.05) is 12.3 Å². The number of aldehydes is 1. The molecule has 0 radical (unpaired) electrons. The van der Waals surface area contributed by atoms with E-state index in [1.54, 1.807) is 13.0 Å². The van der Waals surface area contributed by atoms with Crippen molar-refractivity contribution in [3.63, 3.8) is 0 Å². The molecule has 4 nitrogen and oxygen atoms in total. The Morgan fingerprint density at radius 1 is 1.48 bits per heavy atom. The van der Waals surface area contributed by atoms with Crippen LogP contribution in [-0.2, 0) is 16.0 Å². The van der Waals surface area contributed by atoms with Crippen molar-refractivity contribution in [1.29, 1.82) is 0 Å². The maximum Gasteiger partial charge on any atom is 0.341 e. The van der Waals surface area contributed by atoms with Gasteiger partial charge in [0.25, 0.3) is 0 Å². The van der Waals surface area contributed by atoms with Crippen molar-refractivity contribution in [2.24, 2.45) is 11.8 Å². The van der Waals surface area contributed by atoms with Crippen LogP contribution < -0.4 is 4.74 Å². The maximum absolute atomic E-state index is 14.7. The second-order valence-electron chi connectivity index (χ2n) is 5.96. The monoisotopic (exact) mass is 324 g/mol. The van der Waals surface area contributed by atoms with Crippen LogP contribution in [0.3, 0.4) is 0 Å². The summed E-state index contributed by atoms with van der Waals surface area (Å²) in [6.45, 7) is 1.78. The van der Waals surface area contributed by atoms with Gasteiger partial charge in [0.05, 0.1) is 18.1 Å². The van der Waals surface area contributed by atoms with Crippen LogP contribution in [0.15, 0.2) is 12.1 Å². The lowest BCUT2D eigenvalue weighted by atomic mass is 9.90. The molecule has 0 spiro atoms. The second-order valence-corrected chi connectivity index (χ2v) is 5.96. The molecule has 124 valence electrons. The third kappa shape index (κ3) is 2.71. The second kappa shape index (κ2) is 6.26. The van der Waals surface area contributed by atoms with Crippen molar-refractivity contribution < 1.29 is 27.8 Å². The van der Waals surface area contributed by atoms with Gasteiger partial charge in [0.1, 0.15) is 18.6 Å². The summed E-state index contributed by atoms with van der Waals surface area (Å²) in [4.78, 5) is 22.9. The van der Waals surface area contributed by atoms with Gasteiger partial charge in [-0.05, 0) is 31.4 Å². The Labute approximate surface area is 132 Å². The molecule has 0 bridgehead atoms. The molecule has 1 aromatic carbocycles. The van der Waals surface area contributed by atoms with Gasteiger partial charge < -0.3 is 14.3 Å². The lowest BCUT2D eigenvalue weighted by molar-refractivity contribution is -0.113. The molecule has 2 aliphatic rings. The topological polar surface area (TPSA) is 52.6 Å². The maximum atomic E-state index is 14.7. The zero-order valence-corrected chi connectivity index (χ0v) is 12.8. The SMILES string of the molecule is CCOC(=O)c1ccc2c(c1F)O[C@H]1C[C@@H](F)[C@H](C=O)[C@H]1CC2. The van der Waals surface area contributed by atoms with Crippen molar-refractivity contribution in [3.8, 4) is 5.75 Å². The molecule has 6 heteroatoms. The van der Waals surface area contributed by atoms with Gasteiger partial charge in [-0.15, -0.1) is 0 Å². The van der Waals surface area contributed by atoms with E-state index in [1.165, 1.54) is 6.07 Å². The lowest BCUT2D eigenvalue weighted by Crippen LogP contribution is -2.25. The molecule has 1 aliphatic carbocycles. The number of benzene rings is 1. The van der Waals surface area contributed by atoms with Crippen LogP contribution in [0, 0.1) is 17.7 Å². The number of carbonyl (C=O) groups excluding carboxylic acids is 2. The summed E-state index contributed by atoms with van der Waals surface area (Å²) in [5.41, 5.74) is 0.441. The molecule has 0 N–H and O–H groups in total. The van der Waals surface area contributed by atoms with E-state index in [-0.39, 0.29) is 30.3 Å². The number of ether oxygens (including phenoxy) is 2. The molecule has 3 rings (SSSR count). The van der Waals surface area contributed by atoms with Crippen LogP contribution in [-0.4, -0.2) is 31.1 Å². The third-order valence-corrected chi connectivity index (χ3v) is 4.69. The summed E-state index contributed by atoms with van der Waals surface area (Å²) < 4.78 is 39.1. The number of halogens is 2. The Kier molecular flexibility index (Phi) is 4.33. The van der Waals surface area contributed by atoms with Gasteiger partial charge in [-0.2, -0.15) is 0 Å². The van der Waals surface area contributed by atoms with Crippen LogP contribution in [0.2, 0.25) is 0 Å². The average Bonchev–Trinajstić information content (AvgIpc) is 2.70. The van der Waals surface area contributed by atoms with Crippen LogP contribution in [0.5, 0.6) is 5.75 Å². The highest BCUT2D eigenvalue weighted by molar-refractivity contribution is 5.90. The number of hydrogen-bond acceptors (Lipinski definition) is 4. The molecule has 0 aromatic heterocycles. The minimum absolute atomic E-state index is 0.0122. The largest absolute Gasteiger partial charge is 0.487 e. The summed E-state index contributed by atoms with van der Waals surface area (Å²) in [6, 6.07) is 3.01. The molecule has 1 heterocycles. The van der Waals surface area contributed by atoms with E-state index >= 15 is 0 Å². The van der Waals surface area contributed by atoms with E-state index in [1.807, 2.05) is 0 Å². The van der Waals surface area contributed by atoms with Crippen LogP contribution >= 0.6 is 0 Å². The van der Waals surface area contributed by atoms with Crippen molar-refractivity contribution in [1.82, 2.24) is 0 Å². The highest BCUT2D eigenvalue weighted by Crippen LogP contribution is 2.43. The first-order valence-electron chi connectivity index (χ1n) is 7.81. The molecule has 0 unspecified atom stereocenters. The Hall–Kier alpha value is -1.98. The molecule has 1 aliphatic heterocycles. The Morgan fingerprint density at radius 2 is 2.26 bits per heavy atom. The van der Waals surface area contributed by atoms with Crippen molar-refractivity contribution in [3.05, 3.63) is 29.1 Å². The summed E-state index contributed by atoms with van der Waals surface area (Å²) in [6.07, 6.45) is -0.0763. The van der Waals surface area contributed by atoms with Crippen LogP contribution in [0.4, 0.5) is 8.78 Å². The van der Waals surface area contributed by atoms with Crippen LogP contribution in [0.1, 0.15) is 35.7 Å². The van der Waals surface area contributed by atoms with E-state index < -0.39 is 30.0 Å². The molecule has 0 amide bonds. The summed E-state index contributed by atoms with van der Waals surface area (Å²) in [7, 11) is 0. The highest BCUT2D eigenvalue weighted by atomic mass is 19.1. The zero-order chi connectivity index (χ0) is 16.6. The fraction of sp³-hybridized carbons (Fsp3) is 0.529. The number of hydrogen-bond donors (Lipinski definition) is 0. The normalized spacial score (nSPS) is 29.0. The predicted octanol–water partition coefficient (Wildman–Crippen LogP) is 2.87. The van der Waals surface area contributed by atoms with Crippen molar-refractivity contribution in [2.75, 3.05) is 6.61 Å². The molecule has 4 atom stereocenters. The predicted molar refractivity (Wildman–Crippen MR) is 77.7 cm³/mol. The number of carbonyl (C=O) groups is 2. The van der Waals surface area contributed by atoms with Gasteiger partial charge in [-0.3, -0.25) is 0 Å². The van der Waals surface area contributed by atoms with Crippen LogP contribution in [0.25, 0.3) is 0 Å². The standard InChI is InChI=1S/C17H18F2O4/c1-2-22-17(21)11-6-4-9-3-5-10-12(8-20)13(18)7-14(10)23-16(9)15(11)19/h4,6,8,10,12-14H,2-3,5,7H2,1H3/t10-,12-,13-,14+/m1/s1. The fourth-order valence-corrected chi connectivity index (χ4v) is 3.53. The number of esters is 1. The average molecular weight is 324 g/mol. The number of fused-ring (bicyclic) bond motifs is 2. The summed E-state index contributed by atoms with van der Waals surface area (Å²) in [5, 5.41) is 0. The first kappa shape index (κ1) is 15.9. The molecule has 0 saturated heterocycles. The van der Waals surface area contributed by atoms with Gasteiger partial charge in [-0.1, -0.05) is 6.07 Å². The minimum atomic E-state index is -1.26. The number of aryl methyl sites for hydroxylation is 1. The van der Waals surface area contributed by atoms with Gasteiger partial charge in [0.2, 0.25) is 0 Å². The molecule has 1 aromatic rings. The molecular weight excluding hydrogens is 306 g/mol. The van der Waals surface area contributed by atoms with E-state index in [0.717, 1.165) is 0 Å². The number of rotatable bonds is 3. The Bertz CT molecular complexity index is 631. The smallest absolute Gasteiger partial charge is 0.341 e. The summed E-state index contributed by atoms with van der Waals surface area (Å²) in [5.74, 6) is -2.51. The molecule has 1 saturated carbocycles. The minimum Gasteiger partial charge on any atom is -0.487 e. The van der Waals surface area contributed by atoms with E-state index in [2.05, 4.69) is 0 Å². The van der Waals surface area contributed by atoms with Crippen molar-refractivity contribution >= 4 is 12.3 Å². The van der Waals surface area contributed by atoms with Crippen molar-refractivity contribution in [2.45, 2.75) is 38.5 Å². The molecule has 1 fully saturated rings. The zero-order valence-electron chi connectivity index (χ0n) is 12.8. The molecular formula is C17H18F2O4. The Morgan fingerprint density at radius 3 is 2.96 bits per heavy atom. The van der Waals surface area contributed by atoms with Gasteiger partial charge in [0.15, 0.2) is 11.6 Å². The molecule has 23 heavy (non-hydrogen) atoms. The first-order chi connectivity index (χ1) is 11.1. The fourth-order valence-electron chi connectivity index (χ4n) is 3.53. The van der Waals surface area contributed by atoms with E-state index in [4.69, 9.17) is 9.47 Å². The van der Waals surface area contributed by atoms with Gasteiger partial charge in [-0.25, -0.2) is 13.6 Å².